The lowest BCUT2D eigenvalue weighted by Crippen LogP contribution is -2.22. The van der Waals surface area contributed by atoms with Gasteiger partial charge in [0.2, 0.25) is 5.91 Å². The standard InChI is InChI=1S/C22H23NO3/c1-15(12-16-8-11-20(25-2)21(13-16)26-3)22(24)23-19-10-9-17-6-4-5-7-18(17)14-19/h4-11,13-15H,12H2,1-3H3,(H,23,24). The van der Waals surface area contributed by atoms with Gasteiger partial charge in [-0.3, -0.25) is 4.79 Å². The predicted octanol–water partition coefficient (Wildman–Crippen LogP) is 4.67. The number of nitrogens with one attached hydrogen (secondary N) is 1. The molecule has 4 heteroatoms. The van der Waals surface area contributed by atoms with Crippen LogP contribution >= 0.6 is 0 Å². The third-order valence-electron chi connectivity index (χ3n) is 4.45. The molecule has 0 saturated heterocycles. The monoisotopic (exact) mass is 349 g/mol. The molecule has 1 N–H and O–H groups in total. The van der Waals surface area contributed by atoms with Gasteiger partial charge in [-0.1, -0.05) is 43.3 Å². The van der Waals surface area contributed by atoms with E-state index < -0.39 is 0 Å². The van der Waals surface area contributed by atoms with Crippen LogP contribution in [0.3, 0.4) is 0 Å². The van der Waals surface area contributed by atoms with Gasteiger partial charge < -0.3 is 14.8 Å². The van der Waals surface area contributed by atoms with Crippen LogP contribution in [0, 0.1) is 5.92 Å². The number of rotatable bonds is 6. The van der Waals surface area contributed by atoms with Crippen molar-refractivity contribution >= 4 is 22.4 Å². The number of ether oxygens (including phenoxy) is 2. The molecule has 1 unspecified atom stereocenters. The minimum absolute atomic E-state index is 0.00457. The van der Waals surface area contributed by atoms with Crippen LogP contribution in [0.5, 0.6) is 11.5 Å². The van der Waals surface area contributed by atoms with Crippen molar-refractivity contribution in [3.8, 4) is 11.5 Å². The molecule has 4 nitrogen and oxygen atoms in total. The first-order valence-corrected chi connectivity index (χ1v) is 8.61. The summed E-state index contributed by atoms with van der Waals surface area (Å²) in [5.41, 5.74) is 1.84. The molecule has 0 aromatic heterocycles. The van der Waals surface area contributed by atoms with Gasteiger partial charge >= 0.3 is 0 Å². The van der Waals surface area contributed by atoms with Crippen LogP contribution in [0.15, 0.2) is 60.7 Å². The zero-order chi connectivity index (χ0) is 18.5. The van der Waals surface area contributed by atoms with Crippen LogP contribution < -0.4 is 14.8 Å². The van der Waals surface area contributed by atoms with E-state index in [1.807, 2.05) is 61.5 Å². The van der Waals surface area contributed by atoms with E-state index in [-0.39, 0.29) is 11.8 Å². The summed E-state index contributed by atoms with van der Waals surface area (Å²) in [6.45, 7) is 1.92. The summed E-state index contributed by atoms with van der Waals surface area (Å²) in [6, 6.07) is 19.8. The molecule has 0 fully saturated rings. The first-order valence-electron chi connectivity index (χ1n) is 8.61. The van der Waals surface area contributed by atoms with Gasteiger partial charge in [0.15, 0.2) is 11.5 Å². The van der Waals surface area contributed by atoms with E-state index in [2.05, 4.69) is 11.4 Å². The topological polar surface area (TPSA) is 47.6 Å². The van der Waals surface area contributed by atoms with Crippen LogP contribution in [0.2, 0.25) is 0 Å². The van der Waals surface area contributed by atoms with Gasteiger partial charge in [-0.15, -0.1) is 0 Å². The van der Waals surface area contributed by atoms with Gasteiger partial charge in [0.25, 0.3) is 0 Å². The lowest BCUT2D eigenvalue weighted by Gasteiger charge is -2.14. The highest BCUT2D eigenvalue weighted by Crippen LogP contribution is 2.28. The van der Waals surface area contributed by atoms with Gasteiger partial charge in [-0.05, 0) is 47.0 Å². The summed E-state index contributed by atoms with van der Waals surface area (Å²) in [7, 11) is 3.22. The van der Waals surface area contributed by atoms with Crippen molar-refractivity contribution in [1.29, 1.82) is 0 Å². The molecule has 0 aliphatic heterocycles. The molecule has 1 amide bonds. The van der Waals surface area contributed by atoms with E-state index >= 15 is 0 Å². The zero-order valence-electron chi connectivity index (χ0n) is 15.3. The second kappa shape index (κ2) is 7.91. The Morgan fingerprint density at radius 2 is 1.65 bits per heavy atom. The van der Waals surface area contributed by atoms with Crippen LogP contribution in [0.1, 0.15) is 12.5 Å². The molecule has 26 heavy (non-hydrogen) atoms. The van der Waals surface area contributed by atoms with Crippen molar-refractivity contribution in [2.45, 2.75) is 13.3 Å². The zero-order valence-corrected chi connectivity index (χ0v) is 15.3. The minimum atomic E-state index is -0.167. The number of carbonyl (C=O) groups is 1. The van der Waals surface area contributed by atoms with Gasteiger partial charge in [0.1, 0.15) is 0 Å². The Morgan fingerprint density at radius 1 is 0.923 bits per heavy atom. The van der Waals surface area contributed by atoms with E-state index in [1.165, 1.54) is 0 Å². The summed E-state index contributed by atoms with van der Waals surface area (Å²) in [5.74, 6) is 1.19. The Morgan fingerprint density at radius 3 is 2.38 bits per heavy atom. The number of hydrogen-bond acceptors (Lipinski definition) is 3. The fourth-order valence-electron chi connectivity index (χ4n) is 2.99. The molecule has 0 heterocycles. The largest absolute Gasteiger partial charge is 0.493 e. The summed E-state index contributed by atoms with van der Waals surface area (Å²) < 4.78 is 10.6. The molecule has 0 saturated carbocycles. The maximum absolute atomic E-state index is 12.6. The van der Waals surface area contributed by atoms with Crippen molar-refractivity contribution in [1.82, 2.24) is 0 Å². The maximum Gasteiger partial charge on any atom is 0.227 e. The van der Waals surface area contributed by atoms with Crippen molar-refractivity contribution in [3.63, 3.8) is 0 Å². The summed E-state index contributed by atoms with van der Waals surface area (Å²) in [5, 5.41) is 5.28. The van der Waals surface area contributed by atoms with Crippen LogP contribution in [-0.2, 0) is 11.2 Å². The Labute approximate surface area is 153 Å². The summed E-state index contributed by atoms with van der Waals surface area (Å²) >= 11 is 0. The molecular weight excluding hydrogens is 326 g/mol. The van der Waals surface area contributed by atoms with E-state index in [0.717, 1.165) is 22.0 Å². The summed E-state index contributed by atoms with van der Waals surface area (Å²) in [4.78, 5) is 12.6. The Hall–Kier alpha value is -3.01. The van der Waals surface area contributed by atoms with Gasteiger partial charge in [0.05, 0.1) is 14.2 Å². The van der Waals surface area contributed by atoms with E-state index in [9.17, 15) is 4.79 Å². The molecule has 0 aliphatic carbocycles. The molecule has 0 aliphatic rings. The van der Waals surface area contributed by atoms with E-state index in [4.69, 9.17) is 9.47 Å². The smallest absolute Gasteiger partial charge is 0.227 e. The second-order valence-corrected chi connectivity index (χ2v) is 6.35. The van der Waals surface area contributed by atoms with Crippen LogP contribution in [0.25, 0.3) is 10.8 Å². The van der Waals surface area contributed by atoms with Crippen molar-refractivity contribution in [2.75, 3.05) is 19.5 Å². The molecule has 1 atom stereocenters. The number of amides is 1. The quantitative estimate of drug-likeness (QED) is 0.703. The predicted molar refractivity (Wildman–Crippen MR) is 105 cm³/mol. The molecule has 0 bridgehead atoms. The molecule has 0 spiro atoms. The minimum Gasteiger partial charge on any atom is -0.493 e. The number of anilines is 1. The van der Waals surface area contributed by atoms with Gasteiger partial charge in [-0.2, -0.15) is 0 Å². The molecule has 3 aromatic carbocycles. The lowest BCUT2D eigenvalue weighted by molar-refractivity contribution is -0.119. The molecule has 0 radical (unpaired) electrons. The fourth-order valence-corrected chi connectivity index (χ4v) is 2.99. The second-order valence-electron chi connectivity index (χ2n) is 6.35. The number of fused-ring (bicyclic) bond motifs is 1. The number of methoxy groups -OCH3 is 2. The van der Waals surface area contributed by atoms with Crippen LogP contribution in [0.4, 0.5) is 5.69 Å². The van der Waals surface area contributed by atoms with Crippen LogP contribution in [-0.4, -0.2) is 20.1 Å². The highest BCUT2D eigenvalue weighted by Gasteiger charge is 2.15. The van der Waals surface area contributed by atoms with Crippen molar-refractivity contribution < 1.29 is 14.3 Å². The summed E-state index contributed by atoms with van der Waals surface area (Å²) in [6.07, 6.45) is 0.625. The average molecular weight is 349 g/mol. The molecule has 134 valence electrons. The first-order chi connectivity index (χ1) is 12.6. The van der Waals surface area contributed by atoms with E-state index in [0.29, 0.717) is 17.9 Å². The fraction of sp³-hybridized carbons (Fsp3) is 0.227. The Bertz CT molecular complexity index is 920. The Balaban J connectivity index is 1.69. The lowest BCUT2D eigenvalue weighted by atomic mass is 9.99. The third-order valence-corrected chi connectivity index (χ3v) is 4.45. The first kappa shape index (κ1) is 17.8. The number of carbonyl (C=O) groups excluding carboxylic acids is 1. The highest BCUT2D eigenvalue weighted by atomic mass is 16.5. The maximum atomic E-state index is 12.6. The molecule has 3 aromatic rings. The highest BCUT2D eigenvalue weighted by molar-refractivity contribution is 5.95. The molecular formula is C22H23NO3. The third kappa shape index (κ3) is 3.97. The molecule has 3 rings (SSSR count). The Kier molecular flexibility index (Phi) is 5.42. The SMILES string of the molecule is COc1ccc(CC(C)C(=O)Nc2ccc3ccccc3c2)cc1OC. The van der Waals surface area contributed by atoms with Crippen molar-refractivity contribution in [3.05, 3.63) is 66.2 Å². The number of benzene rings is 3. The van der Waals surface area contributed by atoms with E-state index in [1.54, 1.807) is 14.2 Å². The van der Waals surface area contributed by atoms with Crippen molar-refractivity contribution in [2.24, 2.45) is 5.92 Å². The van der Waals surface area contributed by atoms with Gasteiger partial charge in [-0.25, -0.2) is 0 Å². The normalized spacial score (nSPS) is 11.8. The average Bonchev–Trinajstić information content (AvgIpc) is 2.67. The number of hydrogen-bond donors (Lipinski definition) is 1. The van der Waals surface area contributed by atoms with Gasteiger partial charge in [0, 0.05) is 11.6 Å².